The average Bonchev–Trinajstić information content (AvgIpc) is 3.09. The first kappa shape index (κ1) is 13.6. The Morgan fingerprint density at radius 2 is 2.25 bits per heavy atom. The number of rotatable bonds is 3. The van der Waals surface area contributed by atoms with Crippen molar-refractivity contribution in [1.29, 1.82) is 0 Å². The number of nitrogens with zero attached hydrogens (tertiary/aromatic N) is 3. The van der Waals surface area contributed by atoms with Crippen LogP contribution in [0.5, 0.6) is 0 Å². The molecule has 0 spiro atoms. The highest BCUT2D eigenvalue weighted by Crippen LogP contribution is 2.22. The number of carbonyl (C=O) groups is 1. The van der Waals surface area contributed by atoms with E-state index in [-0.39, 0.29) is 11.9 Å². The van der Waals surface area contributed by atoms with E-state index in [1.54, 1.807) is 0 Å². The molecule has 2 fully saturated rings. The molecule has 1 aromatic heterocycles. The lowest BCUT2D eigenvalue weighted by atomic mass is 10.1. The number of aromatic nitrogens is 1. The average molecular weight is 278 g/mol. The molecule has 1 amide bonds. The minimum Gasteiger partial charge on any atom is -0.360 e. The van der Waals surface area contributed by atoms with E-state index in [1.807, 2.05) is 17.9 Å². The van der Waals surface area contributed by atoms with Gasteiger partial charge < -0.3 is 14.7 Å². The summed E-state index contributed by atoms with van der Waals surface area (Å²) in [6.45, 7) is 7.01. The number of piperazine rings is 1. The fourth-order valence-electron chi connectivity index (χ4n) is 3.08. The minimum absolute atomic E-state index is 0.0125. The first-order chi connectivity index (χ1) is 9.74. The van der Waals surface area contributed by atoms with E-state index in [1.165, 1.54) is 0 Å². The molecular weight excluding hydrogens is 256 g/mol. The summed E-state index contributed by atoms with van der Waals surface area (Å²) >= 11 is 0. The highest BCUT2D eigenvalue weighted by molar-refractivity contribution is 5.82. The quantitative estimate of drug-likeness (QED) is 0.866. The molecule has 0 aromatic carbocycles. The van der Waals surface area contributed by atoms with Crippen molar-refractivity contribution in [2.75, 3.05) is 32.7 Å². The summed E-state index contributed by atoms with van der Waals surface area (Å²) in [6, 6.07) is 1.96. The van der Waals surface area contributed by atoms with Crippen LogP contribution in [0, 0.1) is 6.92 Å². The van der Waals surface area contributed by atoms with Crippen molar-refractivity contribution in [2.24, 2.45) is 0 Å². The van der Waals surface area contributed by atoms with E-state index in [0.29, 0.717) is 6.54 Å². The van der Waals surface area contributed by atoms with Crippen molar-refractivity contribution in [1.82, 2.24) is 20.3 Å². The van der Waals surface area contributed by atoms with Crippen LogP contribution in [0.1, 0.15) is 24.3 Å². The maximum absolute atomic E-state index is 12.6. The molecule has 0 aliphatic carbocycles. The predicted octanol–water partition coefficient (Wildman–Crippen LogP) is 0.379. The van der Waals surface area contributed by atoms with Gasteiger partial charge in [0.05, 0.1) is 18.3 Å². The fourth-order valence-corrected chi connectivity index (χ4v) is 3.08. The molecule has 3 rings (SSSR count). The van der Waals surface area contributed by atoms with Crippen LogP contribution in [0.3, 0.4) is 0 Å². The second-order valence-corrected chi connectivity index (χ2v) is 5.64. The van der Waals surface area contributed by atoms with E-state index in [9.17, 15) is 4.79 Å². The largest absolute Gasteiger partial charge is 0.360 e. The van der Waals surface area contributed by atoms with E-state index >= 15 is 0 Å². The lowest BCUT2D eigenvalue weighted by Crippen LogP contribution is -2.52. The summed E-state index contributed by atoms with van der Waals surface area (Å²) in [4.78, 5) is 16.8. The maximum Gasteiger partial charge on any atom is 0.240 e. The zero-order chi connectivity index (χ0) is 13.9. The van der Waals surface area contributed by atoms with Crippen LogP contribution in [0.25, 0.3) is 0 Å². The molecule has 6 nitrogen and oxygen atoms in total. The van der Waals surface area contributed by atoms with Gasteiger partial charge in [-0.3, -0.25) is 9.69 Å². The summed E-state index contributed by atoms with van der Waals surface area (Å²) in [6.07, 6.45) is 2.03. The van der Waals surface area contributed by atoms with Gasteiger partial charge in [0.2, 0.25) is 5.91 Å². The second-order valence-electron chi connectivity index (χ2n) is 5.64. The molecule has 1 unspecified atom stereocenters. The van der Waals surface area contributed by atoms with Crippen LogP contribution < -0.4 is 5.32 Å². The van der Waals surface area contributed by atoms with Gasteiger partial charge in [0.1, 0.15) is 0 Å². The Balaban J connectivity index is 1.63. The van der Waals surface area contributed by atoms with E-state index in [4.69, 9.17) is 4.52 Å². The molecule has 0 bridgehead atoms. The Morgan fingerprint density at radius 1 is 1.45 bits per heavy atom. The Labute approximate surface area is 119 Å². The standard InChI is InChI=1S/C14H22N4O2/c1-11-9-12(20-16-11)10-18-6-2-3-13(18)14(19)17-7-4-15-5-8-17/h9,13,15H,2-8,10H2,1H3. The van der Waals surface area contributed by atoms with E-state index < -0.39 is 0 Å². The van der Waals surface area contributed by atoms with Gasteiger partial charge in [0, 0.05) is 32.2 Å². The molecule has 6 heteroatoms. The number of amides is 1. The van der Waals surface area contributed by atoms with Gasteiger partial charge in [-0.25, -0.2) is 0 Å². The molecule has 1 N–H and O–H groups in total. The molecule has 2 saturated heterocycles. The molecule has 0 radical (unpaired) electrons. The van der Waals surface area contributed by atoms with Gasteiger partial charge in [0.25, 0.3) is 0 Å². The molecule has 1 atom stereocenters. The van der Waals surface area contributed by atoms with Gasteiger partial charge in [-0.2, -0.15) is 0 Å². The molecule has 3 heterocycles. The number of hydrogen-bond donors (Lipinski definition) is 1. The van der Waals surface area contributed by atoms with Crippen LogP contribution in [0.15, 0.2) is 10.6 Å². The molecule has 2 aliphatic rings. The second kappa shape index (κ2) is 5.93. The van der Waals surface area contributed by atoms with Crippen LogP contribution in [0.4, 0.5) is 0 Å². The molecule has 110 valence electrons. The number of carbonyl (C=O) groups excluding carboxylic acids is 1. The summed E-state index contributed by atoms with van der Waals surface area (Å²) in [5.41, 5.74) is 0.893. The highest BCUT2D eigenvalue weighted by atomic mass is 16.5. The number of likely N-dealkylation sites (tertiary alicyclic amines) is 1. The lowest BCUT2D eigenvalue weighted by Gasteiger charge is -2.32. The third-order valence-electron chi connectivity index (χ3n) is 4.11. The van der Waals surface area contributed by atoms with Crippen molar-refractivity contribution in [3.63, 3.8) is 0 Å². The topological polar surface area (TPSA) is 61.6 Å². The van der Waals surface area contributed by atoms with Gasteiger partial charge in [-0.1, -0.05) is 5.16 Å². The van der Waals surface area contributed by atoms with Gasteiger partial charge >= 0.3 is 0 Å². The number of nitrogens with one attached hydrogen (secondary N) is 1. The Kier molecular flexibility index (Phi) is 4.03. The SMILES string of the molecule is Cc1cc(CN2CCCC2C(=O)N2CCNCC2)on1. The van der Waals surface area contributed by atoms with E-state index in [2.05, 4.69) is 15.4 Å². The van der Waals surface area contributed by atoms with Gasteiger partial charge in [0.15, 0.2) is 5.76 Å². The molecule has 0 saturated carbocycles. The summed E-state index contributed by atoms with van der Waals surface area (Å²) in [5, 5.41) is 7.20. The minimum atomic E-state index is 0.0125. The zero-order valence-electron chi connectivity index (χ0n) is 12.0. The van der Waals surface area contributed by atoms with Crippen LogP contribution in [-0.4, -0.2) is 59.6 Å². The summed E-state index contributed by atoms with van der Waals surface area (Å²) < 4.78 is 5.27. The number of hydrogen-bond acceptors (Lipinski definition) is 5. The summed E-state index contributed by atoms with van der Waals surface area (Å²) in [5.74, 6) is 1.13. The fraction of sp³-hybridized carbons (Fsp3) is 0.714. The monoisotopic (exact) mass is 278 g/mol. The third kappa shape index (κ3) is 2.86. The van der Waals surface area contributed by atoms with Crippen LogP contribution in [0.2, 0.25) is 0 Å². The van der Waals surface area contributed by atoms with Crippen LogP contribution >= 0.6 is 0 Å². The Hall–Kier alpha value is -1.40. The van der Waals surface area contributed by atoms with Crippen molar-refractivity contribution in [3.8, 4) is 0 Å². The Bertz CT molecular complexity index is 467. The molecule has 1 aromatic rings. The first-order valence-electron chi connectivity index (χ1n) is 7.40. The first-order valence-corrected chi connectivity index (χ1v) is 7.40. The van der Waals surface area contributed by atoms with Crippen molar-refractivity contribution >= 4 is 5.91 Å². The number of aryl methyl sites for hydroxylation is 1. The highest BCUT2D eigenvalue weighted by Gasteiger charge is 2.34. The molecule has 2 aliphatic heterocycles. The summed E-state index contributed by atoms with van der Waals surface area (Å²) in [7, 11) is 0. The van der Waals surface area contributed by atoms with Crippen molar-refractivity contribution in [3.05, 3.63) is 17.5 Å². The molecular formula is C14H22N4O2. The smallest absolute Gasteiger partial charge is 0.240 e. The van der Waals surface area contributed by atoms with Crippen LogP contribution in [-0.2, 0) is 11.3 Å². The van der Waals surface area contributed by atoms with Crippen molar-refractivity contribution in [2.45, 2.75) is 32.4 Å². The van der Waals surface area contributed by atoms with Crippen molar-refractivity contribution < 1.29 is 9.32 Å². The lowest BCUT2D eigenvalue weighted by molar-refractivity contribution is -0.136. The van der Waals surface area contributed by atoms with Gasteiger partial charge in [-0.15, -0.1) is 0 Å². The zero-order valence-corrected chi connectivity index (χ0v) is 12.0. The normalized spacial score (nSPS) is 24.2. The Morgan fingerprint density at radius 3 is 2.95 bits per heavy atom. The maximum atomic E-state index is 12.6. The predicted molar refractivity (Wildman–Crippen MR) is 74.1 cm³/mol. The molecule has 20 heavy (non-hydrogen) atoms. The van der Waals surface area contributed by atoms with E-state index in [0.717, 1.165) is 57.0 Å². The van der Waals surface area contributed by atoms with Gasteiger partial charge in [-0.05, 0) is 26.3 Å². The third-order valence-corrected chi connectivity index (χ3v) is 4.11.